The summed E-state index contributed by atoms with van der Waals surface area (Å²) < 4.78 is 0. The number of thiophene rings is 1. The molecule has 0 aromatic carbocycles. The second-order valence-electron chi connectivity index (χ2n) is 2.69. The quantitative estimate of drug-likeness (QED) is 0.428. The lowest BCUT2D eigenvalue weighted by Gasteiger charge is -1.93. The summed E-state index contributed by atoms with van der Waals surface area (Å²) in [6, 6.07) is 3.85. The molecular formula is C9H8N2OS. The van der Waals surface area contributed by atoms with Crippen molar-refractivity contribution in [1.82, 2.24) is 4.98 Å². The molecule has 4 heteroatoms. The minimum Gasteiger partial charge on any atom is -0.411 e. The summed E-state index contributed by atoms with van der Waals surface area (Å²) in [5.41, 5.74) is 1.58. The Labute approximate surface area is 79.3 Å². The lowest BCUT2D eigenvalue weighted by atomic mass is 10.1. The molecule has 0 spiro atoms. The van der Waals surface area contributed by atoms with Gasteiger partial charge in [0.25, 0.3) is 0 Å². The monoisotopic (exact) mass is 192 g/mol. The second-order valence-corrected chi connectivity index (χ2v) is 3.55. The third-order valence-electron chi connectivity index (χ3n) is 1.89. The smallest absolute Gasteiger partial charge is 0.123 e. The Morgan fingerprint density at radius 1 is 1.62 bits per heavy atom. The molecule has 0 amide bonds. The average Bonchev–Trinajstić information content (AvgIpc) is 2.60. The standard InChI is InChI=1S/C9H8N2OS/c1-6(11-12)8-5-13-9-7(8)3-2-4-10-9/h2-5,12H,1H3/b11-6+. The maximum atomic E-state index is 8.64. The van der Waals surface area contributed by atoms with Crippen LogP contribution in [0.4, 0.5) is 0 Å². The van der Waals surface area contributed by atoms with Crippen molar-refractivity contribution in [3.63, 3.8) is 0 Å². The van der Waals surface area contributed by atoms with E-state index in [4.69, 9.17) is 5.21 Å². The number of hydrogen-bond donors (Lipinski definition) is 1. The van der Waals surface area contributed by atoms with Crippen molar-refractivity contribution >= 4 is 27.3 Å². The van der Waals surface area contributed by atoms with Crippen LogP contribution < -0.4 is 0 Å². The summed E-state index contributed by atoms with van der Waals surface area (Å²) in [4.78, 5) is 5.17. The van der Waals surface area contributed by atoms with Gasteiger partial charge in [0, 0.05) is 22.5 Å². The molecule has 0 aliphatic heterocycles. The van der Waals surface area contributed by atoms with E-state index in [2.05, 4.69) is 10.1 Å². The number of oxime groups is 1. The van der Waals surface area contributed by atoms with Gasteiger partial charge in [-0.3, -0.25) is 0 Å². The third kappa shape index (κ3) is 1.29. The van der Waals surface area contributed by atoms with Gasteiger partial charge in [0.1, 0.15) is 4.83 Å². The van der Waals surface area contributed by atoms with Gasteiger partial charge in [-0.25, -0.2) is 4.98 Å². The van der Waals surface area contributed by atoms with Crippen LogP contribution in [0.5, 0.6) is 0 Å². The van der Waals surface area contributed by atoms with E-state index in [-0.39, 0.29) is 0 Å². The van der Waals surface area contributed by atoms with Gasteiger partial charge in [-0.15, -0.1) is 11.3 Å². The van der Waals surface area contributed by atoms with Crippen LogP contribution in [-0.2, 0) is 0 Å². The van der Waals surface area contributed by atoms with Gasteiger partial charge >= 0.3 is 0 Å². The molecule has 0 bridgehead atoms. The average molecular weight is 192 g/mol. The second kappa shape index (κ2) is 3.14. The van der Waals surface area contributed by atoms with Crippen LogP contribution in [0, 0.1) is 0 Å². The van der Waals surface area contributed by atoms with Gasteiger partial charge in [0.05, 0.1) is 5.71 Å². The molecule has 13 heavy (non-hydrogen) atoms. The van der Waals surface area contributed by atoms with Gasteiger partial charge in [0.2, 0.25) is 0 Å². The number of nitrogens with zero attached hydrogens (tertiary/aromatic N) is 2. The summed E-state index contributed by atoms with van der Waals surface area (Å²) in [6.07, 6.45) is 1.76. The van der Waals surface area contributed by atoms with Crippen molar-refractivity contribution in [2.75, 3.05) is 0 Å². The van der Waals surface area contributed by atoms with Crippen molar-refractivity contribution in [3.05, 3.63) is 29.3 Å². The first kappa shape index (κ1) is 8.19. The minimum atomic E-state index is 0.624. The molecule has 2 aromatic rings. The molecule has 2 aromatic heterocycles. The number of hydrogen-bond acceptors (Lipinski definition) is 4. The molecule has 0 atom stereocenters. The summed E-state index contributed by atoms with van der Waals surface area (Å²) in [5, 5.41) is 14.8. The first-order valence-electron chi connectivity index (χ1n) is 3.84. The van der Waals surface area contributed by atoms with Crippen LogP contribution in [0.3, 0.4) is 0 Å². The summed E-state index contributed by atoms with van der Waals surface area (Å²) >= 11 is 1.55. The highest BCUT2D eigenvalue weighted by Gasteiger charge is 2.06. The van der Waals surface area contributed by atoms with Crippen LogP contribution >= 0.6 is 11.3 Å². The normalized spacial score (nSPS) is 12.2. The zero-order valence-corrected chi connectivity index (χ0v) is 7.88. The predicted molar refractivity (Wildman–Crippen MR) is 53.6 cm³/mol. The third-order valence-corrected chi connectivity index (χ3v) is 2.79. The first-order valence-corrected chi connectivity index (χ1v) is 4.72. The van der Waals surface area contributed by atoms with Crippen LogP contribution in [0.25, 0.3) is 10.2 Å². The van der Waals surface area contributed by atoms with E-state index in [9.17, 15) is 0 Å². The van der Waals surface area contributed by atoms with Crippen LogP contribution in [0.2, 0.25) is 0 Å². The van der Waals surface area contributed by atoms with E-state index < -0.39 is 0 Å². The highest BCUT2D eigenvalue weighted by atomic mass is 32.1. The van der Waals surface area contributed by atoms with Gasteiger partial charge in [-0.2, -0.15) is 0 Å². The van der Waals surface area contributed by atoms with Crippen molar-refractivity contribution in [3.8, 4) is 0 Å². The summed E-state index contributed by atoms with van der Waals surface area (Å²) in [6.45, 7) is 1.77. The Hall–Kier alpha value is -1.42. The summed E-state index contributed by atoms with van der Waals surface area (Å²) in [5.74, 6) is 0. The molecule has 2 rings (SSSR count). The van der Waals surface area contributed by atoms with Crippen molar-refractivity contribution in [1.29, 1.82) is 0 Å². The van der Waals surface area contributed by atoms with Gasteiger partial charge in [-0.1, -0.05) is 5.16 Å². The van der Waals surface area contributed by atoms with Crippen molar-refractivity contribution in [2.24, 2.45) is 5.16 Å². The number of pyridine rings is 1. The number of aromatic nitrogens is 1. The molecule has 0 saturated heterocycles. The van der Waals surface area contributed by atoms with E-state index in [1.807, 2.05) is 17.5 Å². The van der Waals surface area contributed by atoms with Crippen molar-refractivity contribution < 1.29 is 5.21 Å². The molecule has 0 aliphatic carbocycles. The molecule has 0 aliphatic rings. The molecule has 3 nitrogen and oxygen atoms in total. The lowest BCUT2D eigenvalue weighted by Crippen LogP contribution is -1.91. The molecule has 0 radical (unpaired) electrons. The Morgan fingerprint density at radius 3 is 3.23 bits per heavy atom. The predicted octanol–water partition coefficient (Wildman–Crippen LogP) is 2.49. The molecular weight excluding hydrogens is 184 g/mol. The SMILES string of the molecule is C/C(=N\O)c1csc2ncccc12. The first-order chi connectivity index (χ1) is 6.33. The molecule has 1 N–H and O–H groups in total. The Balaban J connectivity index is 2.71. The van der Waals surface area contributed by atoms with Gasteiger partial charge in [0.15, 0.2) is 0 Å². The Bertz CT molecular complexity index is 461. The highest BCUT2D eigenvalue weighted by molar-refractivity contribution is 7.17. The molecule has 66 valence electrons. The summed E-state index contributed by atoms with van der Waals surface area (Å²) in [7, 11) is 0. The number of rotatable bonds is 1. The fraction of sp³-hybridized carbons (Fsp3) is 0.111. The maximum Gasteiger partial charge on any atom is 0.123 e. The van der Waals surface area contributed by atoms with Crippen LogP contribution in [0.1, 0.15) is 12.5 Å². The van der Waals surface area contributed by atoms with E-state index >= 15 is 0 Å². The molecule has 0 unspecified atom stereocenters. The largest absolute Gasteiger partial charge is 0.411 e. The zero-order chi connectivity index (χ0) is 9.26. The van der Waals surface area contributed by atoms with E-state index in [0.717, 1.165) is 15.8 Å². The van der Waals surface area contributed by atoms with Crippen LogP contribution in [-0.4, -0.2) is 15.9 Å². The van der Waals surface area contributed by atoms with Gasteiger partial charge < -0.3 is 5.21 Å². The Kier molecular flexibility index (Phi) is 1.98. The number of fused-ring (bicyclic) bond motifs is 1. The lowest BCUT2D eigenvalue weighted by molar-refractivity contribution is 0.319. The van der Waals surface area contributed by atoms with E-state index in [1.165, 1.54) is 0 Å². The fourth-order valence-electron chi connectivity index (χ4n) is 1.20. The fourth-order valence-corrected chi connectivity index (χ4v) is 2.16. The van der Waals surface area contributed by atoms with Crippen molar-refractivity contribution in [2.45, 2.75) is 6.92 Å². The topological polar surface area (TPSA) is 45.5 Å². The molecule has 0 saturated carbocycles. The molecule has 2 heterocycles. The Morgan fingerprint density at radius 2 is 2.46 bits per heavy atom. The van der Waals surface area contributed by atoms with E-state index in [0.29, 0.717) is 5.71 Å². The highest BCUT2D eigenvalue weighted by Crippen LogP contribution is 2.23. The zero-order valence-electron chi connectivity index (χ0n) is 7.06. The van der Waals surface area contributed by atoms with Crippen LogP contribution in [0.15, 0.2) is 28.9 Å². The molecule has 0 fully saturated rings. The van der Waals surface area contributed by atoms with E-state index in [1.54, 1.807) is 24.5 Å². The van der Waals surface area contributed by atoms with Gasteiger partial charge in [-0.05, 0) is 19.1 Å². The minimum absolute atomic E-state index is 0.624. The maximum absolute atomic E-state index is 8.64.